The zero-order valence-electron chi connectivity index (χ0n) is 10.2. The van der Waals surface area contributed by atoms with Crippen LogP contribution >= 0.6 is 0 Å². The van der Waals surface area contributed by atoms with Gasteiger partial charge in [0.05, 0.1) is 11.9 Å². The van der Waals surface area contributed by atoms with Gasteiger partial charge in [-0.1, -0.05) is 6.92 Å². The number of nitrogens with two attached hydrogens (primary N) is 1. The summed E-state index contributed by atoms with van der Waals surface area (Å²) >= 11 is 0. The maximum absolute atomic E-state index is 5.59. The van der Waals surface area contributed by atoms with E-state index in [-0.39, 0.29) is 0 Å². The van der Waals surface area contributed by atoms with Crippen LogP contribution in [0.25, 0.3) is 0 Å². The Morgan fingerprint density at radius 3 is 2.50 bits per heavy atom. The largest absolute Gasteiger partial charge is 0.384 e. The number of aromatic nitrogens is 1. The number of pyridine rings is 1. The first-order chi connectivity index (χ1) is 7.66. The van der Waals surface area contributed by atoms with Gasteiger partial charge in [0.2, 0.25) is 0 Å². The van der Waals surface area contributed by atoms with E-state index in [1.165, 1.54) is 31.4 Å². The molecule has 1 fully saturated rings. The van der Waals surface area contributed by atoms with E-state index in [1.54, 1.807) is 0 Å². The highest BCUT2D eigenvalue weighted by molar-refractivity contribution is 5.48. The lowest BCUT2D eigenvalue weighted by Gasteiger charge is -2.34. The summed E-state index contributed by atoms with van der Waals surface area (Å²) in [6.45, 7) is 2.35. The molecule has 2 N–H and O–H groups in total. The predicted molar refractivity (Wildman–Crippen MR) is 68.5 cm³/mol. The maximum atomic E-state index is 5.59. The van der Waals surface area contributed by atoms with E-state index in [0.717, 1.165) is 5.92 Å². The van der Waals surface area contributed by atoms with Crippen LogP contribution in [0.5, 0.6) is 0 Å². The standard InChI is InChI=1S/C13H21N3/c1-10-3-5-11(6-4-10)16(2)12-7-8-13(14)15-9-12/h7-11H,3-6H2,1-2H3,(H2,14,15). The van der Waals surface area contributed by atoms with E-state index >= 15 is 0 Å². The van der Waals surface area contributed by atoms with E-state index in [2.05, 4.69) is 29.9 Å². The maximum Gasteiger partial charge on any atom is 0.123 e. The van der Waals surface area contributed by atoms with Gasteiger partial charge in [-0.3, -0.25) is 0 Å². The Kier molecular flexibility index (Phi) is 3.32. The van der Waals surface area contributed by atoms with Crippen molar-refractivity contribution in [3.63, 3.8) is 0 Å². The summed E-state index contributed by atoms with van der Waals surface area (Å²) in [7, 11) is 2.16. The Morgan fingerprint density at radius 2 is 1.94 bits per heavy atom. The minimum absolute atomic E-state index is 0.592. The van der Waals surface area contributed by atoms with Crippen molar-refractivity contribution in [3.8, 4) is 0 Å². The topological polar surface area (TPSA) is 42.1 Å². The first-order valence-corrected chi connectivity index (χ1v) is 6.11. The molecule has 2 rings (SSSR count). The van der Waals surface area contributed by atoms with Crippen molar-refractivity contribution in [1.82, 2.24) is 4.98 Å². The molecule has 0 bridgehead atoms. The lowest BCUT2D eigenvalue weighted by Crippen LogP contribution is -2.34. The van der Waals surface area contributed by atoms with Crippen LogP contribution in [-0.2, 0) is 0 Å². The third-order valence-corrected chi connectivity index (χ3v) is 3.71. The van der Waals surface area contributed by atoms with Crippen LogP contribution in [0.15, 0.2) is 18.3 Å². The minimum Gasteiger partial charge on any atom is -0.384 e. The van der Waals surface area contributed by atoms with Crippen molar-refractivity contribution >= 4 is 11.5 Å². The molecule has 0 atom stereocenters. The zero-order chi connectivity index (χ0) is 11.5. The monoisotopic (exact) mass is 219 g/mol. The second-order valence-electron chi connectivity index (χ2n) is 4.97. The fourth-order valence-electron chi connectivity index (χ4n) is 2.45. The Bertz CT molecular complexity index is 326. The van der Waals surface area contributed by atoms with Crippen LogP contribution in [0, 0.1) is 5.92 Å². The number of nitrogens with zero attached hydrogens (tertiary/aromatic N) is 2. The lowest BCUT2D eigenvalue weighted by atomic mass is 9.86. The highest BCUT2D eigenvalue weighted by atomic mass is 15.1. The highest BCUT2D eigenvalue weighted by Gasteiger charge is 2.21. The molecule has 88 valence electrons. The Balaban J connectivity index is 2.01. The van der Waals surface area contributed by atoms with Gasteiger partial charge in [-0.05, 0) is 43.7 Å². The fourth-order valence-corrected chi connectivity index (χ4v) is 2.45. The first-order valence-electron chi connectivity index (χ1n) is 6.11. The smallest absolute Gasteiger partial charge is 0.123 e. The molecule has 3 heteroatoms. The van der Waals surface area contributed by atoms with Gasteiger partial charge < -0.3 is 10.6 Å². The van der Waals surface area contributed by atoms with Gasteiger partial charge in [-0.25, -0.2) is 4.98 Å². The first kappa shape index (κ1) is 11.2. The Morgan fingerprint density at radius 1 is 1.25 bits per heavy atom. The number of hydrogen-bond donors (Lipinski definition) is 1. The van der Waals surface area contributed by atoms with Crippen LogP contribution in [0.1, 0.15) is 32.6 Å². The van der Waals surface area contributed by atoms with E-state index in [1.807, 2.05) is 12.3 Å². The Labute approximate surface area is 97.7 Å². The third-order valence-electron chi connectivity index (χ3n) is 3.71. The summed E-state index contributed by atoms with van der Waals surface area (Å²) < 4.78 is 0. The van der Waals surface area contributed by atoms with Crippen molar-refractivity contribution < 1.29 is 0 Å². The molecule has 0 saturated heterocycles. The molecule has 1 aliphatic carbocycles. The van der Waals surface area contributed by atoms with E-state index in [4.69, 9.17) is 5.73 Å². The number of hydrogen-bond acceptors (Lipinski definition) is 3. The summed E-state index contributed by atoms with van der Waals surface area (Å²) in [5.41, 5.74) is 6.77. The Hall–Kier alpha value is -1.25. The number of rotatable bonds is 2. The zero-order valence-corrected chi connectivity index (χ0v) is 10.2. The average molecular weight is 219 g/mol. The molecule has 1 saturated carbocycles. The fraction of sp³-hybridized carbons (Fsp3) is 0.615. The normalized spacial score (nSPS) is 25.4. The highest BCUT2D eigenvalue weighted by Crippen LogP contribution is 2.29. The van der Waals surface area contributed by atoms with Crippen molar-refractivity contribution in [2.24, 2.45) is 5.92 Å². The molecule has 1 aliphatic rings. The third kappa shape index (κ3) is 2.46. The quantitative estimate of drug-likeness (QED) is 0.831. The second kappa shape index (κ2) is 4.73. The molecule has 1 aromatic heterocycles. The van der Waals surface area contributed by atoms with E-state index < -0.39 is 0 Å². The molecular formula is C13H21N3. The summed E-state index contributed by atoms with van der Waals surface area (Å²) in [5, 5.41) is 0. The number of anilines is 2. The van der Waals surface area contributed by atoms with Gasteiger partial charge in [0.15, 0.2) is 0 Å². The van der Waals surface area contributed by atoms with Crippen LogP contribution in [0.4, 0.5) is 11.5 Å². The summed E-state index contributed by atoms with van der Waals surface area (Å²) in [6, 6.07) is 4.60. The predicted octanol–water partition coefficient (Wildman–Crippen LogP) is 2.68. The van der Waals surface area contributed by atoms with Crippen molar-refractivity contribution in [3.05, 3.63) is 18.3 Å². The van der Waals surface area contributed by atoms with Gasteiger partial charge in [0, 0.05) is 13.1 Å². The molecule has 0 amide bonds. The molecule has 1 aromatic rings. The van der Waals surface area contributed by atoms with Gasteiger partial charge in [0.25, 0.3) is 0 Å². The molecule has 3 nitrogen and oxygen atoms in total. The molecule has 0 unspecified atom stereocenters. The molecule has 16 heavy (non-hydrogen) atoms. The lowest BCUT2D eigenvalue weighted by molar-refractivity contribution is 0.340. The number of nitrogen functional groups attached to an aromatic ring is 1. The molecule has 0 radical (unpaired) electrons. The van der Waals surface area contributed by atoms with Crippen molar-refractivity contribution in [2.75, 3.05) is 17.7 Å². The van der Waals surface area contributed by atoms with Crippen molar-refractivity contribution in [2.45, 2.75) is 38.6 Å². The van der Waals surface area contributed by atoms with Gasteiger partial charge in [-0.2, -0.15) is 0 Å². The molecule has 0 spiro atoms. The molecular weight excluding hydrogens is 198 g/mol. The second-order valence-corrected chi connectivity index (χ2v) is 4.97. The van der Waals surface area contributed by atoms with Crippen molar-refractivity contribution in [1.29, 1.82) is 0 Å². The summed E-state index contributed by atoms with van der Waals surface area (Å²) in [6.07, 6.45) is 7.15. The van der Waals surface area contributed by atoms with E-state index in [9.17, 15) is 0 Å². The van der Waals surface area contributed by atoms with E-state index in [0.29, 0.717) is 11.9 Å². The van der Waals surface area contributed by atoms with Gasteiger partial charge >= 0.3 is 0 Å². The van der Waals surface area contributed by atoms with Crippen LogP contribution < -0.4 is 10.6 Å². The SMILES string of the molecule is CC1CCC(N(C)c2ccc(N)nc2)CC1. The molecule has 0 aromatic carbocycles. The molecule has 1 heterocycles. The van der Waals surface area contributed by atoms with Crippen LogP contribution in [0.3, 0.4) is 0 Å². The average Bonchev–Trinajstić information content (AvgIpc) is 2.30. The van der Waals surface area contributed by atoms with Gasteiger partial charge in [0.1, 0.15) is 5.82 Å². The summed E-state index contributed by atoms with van der Waals surface area (Å²) in [4.78, 5) is 6.49. The summed E-state index contributed by atoms with van der Waals surface area (Å²) in [5.74, 6) is 1.49. The van der Waals surface area contributed by atoms with Crippen LogP contribution in [0.2, 0.25) is 0 Å². The van der Waals surface area contributed by atoms with Gasteiger partial charge in [-0.15, -0.1) is 0 Å². The van der Waals surface area contributed by atoms with Crippen LogP contribution in [-0.4, -0.2) is 18.1 Å². The minimum atomic E-state index is 0.592. The molecule has 0 aliphatic heterocycles.